The number of anilines is 1. The van der Waals surface area contributed by atoms with Gasteiger partial charge in [-0.3, -0.25) is 4.68 Å². The highest BCUT2D eigenvalue weighted by Gasteiger charge is 2.31. The number of hydrogen-bond acceptors (Lipinski definition) is 5. The van der Waals surface area contributed by atoms with Crippen molar-refractivity contribution < 1.29 is 0 Å². The first-order valence-electron chi connectivity index (χ1n) is 6.18. The van der Waals surface area contributed by atoms with Crippen molar-refractivity contribution in [2.24, 2.45) is 0 Å². The van der Waals surface area contributed by atoms with Crippen LogP contribution in [0.5, 0.6) is 0 Å². The van der Waals surface area contributed by atoms with Crippen LogP contribution >= 0.6 is 0 Å². The van der Waals surface area contributed by atoms with Gasteiger partial charge in [0.25, 0.3) is 0 Å². The monoisotopic (exact) mass is 254 g/mol. The third-order valence-corrected chi connectivity index (χ3v) is 3.61. The van der Waals surface area contributed by atoms with Crippen molar-refractivity contribution in [3.05, 3.63) is 35.3 Å². The van der Waals surface area contributed by atoms with Gasteiger partial charge in [0, 0.05) is 25.5 Å². The van der Waals surface area contributed by atoms with Crippen LogP contribution in [-0.2, 0) is 0 Å². The lowest BCUT2D eigenvalue weighted by molar-refractivity contribution is 0.365. The van der Waals surface area contributed by atoms with Gasteiger partial charge in [0.15, 0.2) is 5.82 Å². The summed E-state index contributed by atoms with van der Waals surface area (Å²) < 4.78 is 1.94. The van der Waals surface area contributed by atoms with E-state index in [0.717, 1.165) is 24.3 Å². The van der Waals surface area contributed by atoms with E-state index >= 15 is 0 Å². The molecule has 96 valence electrons. The van der Waals surface area contributed by atoms with E-state index in [1.807, 2.05) is 30.8 Å². The van der Waals surface area contributed by atoms with Crippen molar-refractivity contribution >= 4 is 5.82 Å². The molecule has 0 amide bonds. The molecule has 0 aliphatic carbocycles. The van der Waals surface area contributed by atoms with Crippen molar-refractivity contribution in [3.8, 4) is 6.07 Å². The highest BCUT2D eigenvalue weighted by molar-refractivity contribution is 5.58. The quantitative estimate of drug-likeness (QED) is 0.806. The van der Waals surface area contributed by atoms with Crippen molar-refractivity contribution in [2.75, 3.05) is 18.0 Å². The van der Waals surface area contributed by atoms with Gasteiger partial charge in [0.05, 0.1) is 11.7 Å². The topological polar surface area (TPSA) is 70.6 Å². The first-order valence-corrected chi connectivity index (χ1v) is 6.18. The number of nitriles is 1. The summed E-state index contributed by atoms with van der Waals surface area (Å²) in [5.41, 5.74) is 2.35. The Labute approximate surface area is 111 Å². The van der Waals surface area contributed by atoms with E-state index in [9.17, 15) is 5.26 Å². The Kier molecular flexibility index (Phi) is 2.67. The van der Waals surface area contributed by atoms with E-state index in [2.05, 4.69) is 26.3 Å². The van der Waals surface area contributed by atoms with Gasteiger partial charge in [-0.2, -0.15) is 15.5 Å². The van der Waals surface area contributed by atoms with Gasteiger partial charge in [0.2, 0.25) is 0 Å². The number of aromatic nitrogens is 4. The van der Waals surface area contributed by atoms with Crippen LogP contribution in [0.1, 0.15) is 22.9 Å². The van der Waals surface area contributed by atoms with Gasteiger partial charge in [-0.1, -0.05) is 0 Å². The molecule has 0 radical (unpaired) electrons. The SMILES string of the molecule is Cc1nnc(N2CC(n3cccn3)C2)c(C#N)c1C. The molecule has 6 heteroatoms. The Bertz CT molecular complexity index is 634. The second-order valence-corrected chi connectivity index (χ2v) is 4.77. The minimum absolute atomic E-state index is 0.352. The van der Waals surface area contributed by atoms with Crippen LogP contribution in [0.3, 0.4) is 0 Å². The van der Waals surface area contributed by atoms with E-state index in [0.29, 0.717) is 17.4 Å². The summed E-state index contributed by atoms with van der Waals surface area (Å²) in [5, 5.41) is 21.8. The van der Waals surface area contributed by atoms with Crippen molar-refractivity contribution in [2.45, 2.75) is 19.9 Å². The summed E-state index contributed by atoms with van der Waals surface area (Å²) in [6.07, 6.45) is 3.73. The molecule has 3 rings (SSSR count). The minimum Gasteiger partial charge on any atom is -0.350 e. The molecule has 0 saturated carbocycles. The standard InChI is InChI=1S/C13H14N6/c1-9-10(2)16-17-13(12(9)6-14)18-7-11(8-18)19-5-3-4-15-19/h3-5,11H,7-8H2,1-2H3. The maximum absolute atomic E-state index is 9.28. The van der Waals surface area contributed by atoms with Crippen LogP contribution in [-0.4, -0.2) is 33.1 Å². The zero-order valence-electron chi connectivity index (χ0n) is 10.9. The third-order valence-electron chi connectivity index (χ3n) is 3.61. The van der Waals surface area contributed by atoms with Crippen LogP contribution in [0, 0.1) is 25.2 Å². The van der Waals surface area contributed by atoms with E-state index in [1.54, 1.807) is 6.20 Å². The molecule has 1 fully saturated rings. The van der Waals surface area contributed by atoms with Crippen molar-refractivity contribution in [1.82, 2.24) is 20.0 Å². The summed E-state index contributed by atoms with van der Waals surface area (Å²) in [5.74, 6) is 0.689. The normalized spacial score (nSPS) is 15.1. The predicted octanol–water partition coefficient (Wildman–Crippen LogP) is 1.22. The fourth-order valence-electron chi connectivity index (χ4n) is 2.24. The summed E-state index contributed by atoms with van der Waals surface area (Å²) in [4.78, 5) is 2.07. The molecule has 2 aromatic rings. The van der Waals surface area contributed by atoms with Gasteiger partial charge >= 0.3 is 0 Å². The van der Waals surface area contributed by atoms with Gasteiger partial charge in [-0.15, -0.1) is 5.10 Å². The lowest BCUT2D eigenvalue weighted by Gasteiger charge is -2.40. The number of hydrogen-bond donors (Lipinski definition) is 0. The lowest BCUT2D eigenvalue weighted by Crippen LogP contribution is -2.48. The van der Waals surface area contributed by atoms with E-state index in [-0.39, 0.29) is 0 Å². The van der Waals surface area contributed by atoms with Crippen molar-refractivity contribution in [1.29, 1.82) is 5.26 Å². The molecule has 0 bridgehead atoms. The fourth-order valence-corrected chi connectivity index (χ4v) is 2.24. The highest BCUT2D eigenvalue weighted by Crippen LogP contribution is 2.29. The molecule has 0 aromatic carbocycles. The van der Waals surface area contributed by atoms with Crippen LogP contribution in [0.2, 0.25) is 0 Å². The summed E-state index contributed by atoms with van der Waals surface area (Å²) in [6.45, 7) is 5.41. The Balaban J connectivity index is 1.83. The minimum atomic E-state index is 0.352. The molecule has 1 aliphatic rings. The smallest absolute Gasteiger partial charge is 0.169 e. The van der Waals surface area contributed by atoms with E-state index in [4.69, 9.17) is 0 Å². The van der Waals surface area contributed by atoms with Gasteiger partial charge in [-0.25, -0.2) is 0 Å². The largest absolute Gasteiger partial charge is 0.350 e. The highest BCUT2D eigenvalue weighted by atomic mass is 15.4. The van der Waals surface area contributed by atoms with E-state index < -0.39 is 0 Å². The summed E-state index contributed by atoms with van der Waals surface area (Å²) in [6, 6.07) is 4.50. The molecular weight excluding hydrogens is 240 g/mol. The molecule has 1 saturated heterocycles. The lowest BCUT2D eigenvalue weighted by atomic mass is 10.1. The zero-order valence-corrected chi connectivity index (χ0v) is 10.9. The number of aryl methyl sites for hydroxylation is 1. The average molecular weight is 254 g/mol. The molecule has 19 heavy (non-hydrogen) atoms. The second-order valence-electron chi connectivity index (χ2n) is 4.77. The Hall–Kier alpha value is -2.42. The van der Waals surface area contributed by atoms with Crippen LogP contribution in [0.25, 0.3) is 0 Å². The fraction of sp³-hybridized carbons (Fsp3) is 0.385. The van der Waals surface area contributed by atoms with Crippen LogP contribution in [0.4, 0.5) is 5.82 Å². The molecule has 0 atom stereocenters. The third kappa shape index (κ3) is 1.83. The van der Waals surface area contributed by atoms with Gasteiger partial charge < -0.3 is 4.90 Å². The summed E-state index contributed by atoms with van der Waals surface area (Å²) >= 11 is 0. The molecule has 0 spiro atoms. The van der Waals surface area contributed by atoms with Gasteiger partial charge in [-0.05, 0) is 25.5 Å². The first kappa shape index (κ1) is 11.7. The first-order chi connectivity index (χ1) is 9.20. The average Bonchev–Trinajstić information content (AvgIpc) is 2.86. The van der Waals surface area contributed by atoms with Crippen LogP contribution < -0.4 is 4.90 Å². The summed E-state index contributed by atoms with van der Waals surface area (Å²) in [7, 11) is 0. The second kappa shape index (κ2) is 4.35. The molecule has 1 aliphatic heterocycles. The number of nitrogens with zero attached hydrogens (tertiary/aromatic N) is 6. The van der Waals surface area contributed by atoms with Crippen LogP contribution in [0.15, 0.2) is 18.5 Å². The number of rotatable bonds is 2. The molecule has 3 heterocycles. The predicted molar refractivity (Wildman–Crippen MR) is 69.7 cm³/mol. The maximum atomic E-state index is 9.28. The molecule has 0 N–H and O–H groups in total. The Morgan fingerprint density at radius 3 is 2.74 bits per heavy atom. The van der Waals surface area contributed by atoms with Gasteiger partial charge in [0.1, 0.15) is 11.6 Å². The maximum Gasteiger partial charge on any atom is 0.169 e. The molecule has 2 aromatic heterocycles. The Morgan fingerprint density at radius 1 is 1.32 bits per heavy atom. The Morgan fingerprint density at radius 2 is 2.11 bits per heavy atom. The molecule has 6 nitrogen and oxygen atoms in total. The molecular formula is C13H14N6. The van der Waals surface area contributed by atoms with Crippen molar-refractivity contribution in [3.63, 3.8) is 0 Å². The zero-order chi connectivity index (χ0) is 13.4. The molecule has 0 unspecified atom stereocenters. The van der Waals surface area contributed by atoms with E-state index in [1.165, 1.54) is 0 Å².